The molecule has 1 saturated carbocycles. The van der Waals surface area contributed by atoms with Crippen molar-refractivity contribution in [2.45, 2.75) is 44.7 Å². The highest BCUT2D eigenvalue weighted by atomic mass is 79.9. The van der Waals surface area contributed by atoms with Gasteiger partial charge >= 0.3 is 0 Å². The first-order valence-electron chi connectivity index (χ1n) is 6.63. The van der Waals surface area contributed by atoms with Crippen LogP contribution >= 0.6 is 31.9 Å². The smallest absolute Gasteiger partial charge is 0.105 e. The van der Waals surface area contributed by atoms with E-state index in [0.29, 0.717) is 0 Å². The number of nitrogens with one attached hydrogen (secondary N) is 1. The van der Waals surface area contributed by atoms with Gasteiger partial charge < -0.3 is 10.6 Å². The summed E-state index contributed by atoms with van der Waals surface area (Å²) < 4.78 is 2.08. The van der Waals surface area contributed by atoms with Crippen LogP contribution in [0.2, 0.25) is 0 Å². The quantitative estimate of drug-likeness (QED) is 0.780. The number of anilines is 1. The number of nitrogen functional groups attached to an aromatic ring is 1. The standard InChI is InChI=1S/C14H20Br2N2/c1-18(12-5-3-2-4-6-12)9-10-7-11(15)8-13(16)14(10)17/h7-8,12H,2-6,9,17H2,1H3/p+1. The maximum Gasteiger partial charge on any atom is 0.105 e. The molecule has 1 aromatic carbocycles. The van der Waals surface area contributed by atoms with E-state index in [0.717, 1.165) is 27.2 Å². The van der Waals surface area contributed by atoms with Crippen molar-refractivity contribution in [3.63, 3.8) is 0 Å². The van der Waals surface area contributed by atoms with Gasteiger partial charge in [0.15, 0.2) is 0 Å². The lowest BCUT2D eigenvalue weighted by Gasteiger charge is -2.28. The Kier molecular flexibility index (Phi) is 5.10. The minimum absolute atomic E-state index is 0.802. The normalized spacial score (nSPS) is 18.8. The summed E-state index contributed by atoms with van der Waals surface area (Å²) >= 11 is 7.06. The predicted octanol–water partition coefficient (Wildman–Crippen LogP) is 3.14. The summed E-state index contributed by atoms with van der Waals surface area (Å²) in [7, 11) is 2.30. The van der Waals surface area contributed by atoms with E-state index in [-0.39, 0.29) is 0 Å². The summed E-state index contributed by atoms with van der Waals surface area (Å²) in [5.41, 5.74) is 8.27. The zero-order chi connectivity index (χ0) is 13.1. The monoisotopic (exact) mass is 375 g/mol. The molecule has 0 amide bonds. The molecule has 0 bridgehead atoms. The largest absolute Gasteiger partial charge is 0.397 e. The Labute approximate surface area is 126 Å². The summed E-state index contributed by atoms with van der Waals surface area (Å²) in [6.45, 7) is 1.01. The highest BCUT2D eigenvalue weighted by Crippen LogP contribution is 2.28. The number of hydrogen-bond donors (Lipinski definition) is 2. The number of halogens is 2. The van der Waals surface area contributed by atoms with Crippen LogP contribution in [-0.2, 0) is 6.54 Å². The van der Waals surface area contributed by atoms with Crippen LogP contribution in [0.3, 0.4) is 0 Å². The molecule has 1 fully saturated rings. The van der Waals surface area contributed by atoms with Gasteiger partial charge in [0.2, 0.25) is 0 Å². The van der Waals surface area contributed by atoms with Crippen LogP contribution in [-0.4, -0.2) is 13.1 Å². The molecule has 0 aromatic heterocycles. The third kappa shape index (κ3) is 3.49. The van der Waals surface area contributed by atoms with Crippen molar-refractivity contribution in [2.75, 3.05) is 12.8 Å². The Bertz CT molecular complexity index is 415. The summed E-state index contributed by atoms with van der Waals surface area (Å²) in [6, 6.07) is 4.96. The molecule has 1 atom stereocenters. The maximum atomic E-state index is 6.15. The van der Waals surface area contributed by atoms with E-state index in [1.807, 2.05) is 6.07 Å². The van der Waals surface area contributed by atoms with Gasteiger partial charge in [0.05, 0.1) is 18.8 Å². The highest BCUT2D eigenvalue weighted by Gasteiger charge is 2.22. The van der Waals surface area contributed by atoms with E-state index in [4.69, 9.17) is 5.73 Å². The molecule has 2 nitrogen and oxygen atoms in total. The van der Waals surface area contributed by atoms with Crippen LogP contribution in [0, 0.1) is 0 Å². The van der Waals surface area contributed by atoms with Crippen molar-refractivity contribution in [3.8, 4) is 0 Å². The Balaban J connectivity index is 2.08. The second kappa shape index (κ2) is 6.40. The minimum Gasteiger partial charge on any atom is -0.397 e. The predicted molar refractivity (Wildman–Crippen MR) is 83.7 cm³/mol. The molecule has 4 heteroatoms. The van der Waals surface area contributed by atoms with Gasteiger partial charge in [-0.25, -0.2) is 0 Å². The van der Waals surface area contributed by atoms with Crippen molar-refractivity contribution in [3.05, 3.63) is 26.6 Å². The van der Waals surface area contributed by atoms with Gasteiger partial charge in [-0.15, -0.1) is 0 Å². The molecule has 1 aliphatic rings. The van der Waals surface area contributed by atoms with Crippen molar-refractivity contribution in [2.24, 2.45) is 0 Å². The lowest BCUT2D eigenvalue weighted by atomic mass is 9.94. The van der Waals surface area contributed by atoms with Gasteiger partial charge in [0.25, 0.3) is 0 Å². The van der Waals surface area contributed by atoms with Crippen LogP contribution in [0.5, 0.6) is 0 Å². The van der Waals surface area contributed by atoms with E-state index in [1.54, 1.807) is 4.90 Å². The molecule has 1 aromatic rings. The Morgan fingerprint density at radius 3 is 2.56 bits per heavy atom. The van der Waals surface area contributed by atoms with Gasteiger partial charge in [0.1, 0.15) is 6.54 Å². The van der Waals surface area contributed by atoms with Crippen molar-refractivity contribution >= 4 is 37.5 Å². The van der Waals surface area contributed by atoms with Gasteiger partial charge in [0, 0.05) is 14.5 Å². The van der Waals surface area contributed by atoms with Crippen molar-refractivity contribution in [1.29, 1.82) is 0 Å². The van der Waals surface area contributed by atoms with Gasteiger partial charge in [-0.1, -0.05) is 22.4 Å². The van der Waals surface area contributed by atoms with E-state index in [9.17, 15) is 0 Å². The third-order valence-electron chi connectivity index (χ3n) is 3.95. The first-order chi connectivity index (χ1) is 8.58. The lowest BCUT2D eigenvalue weighted by molar-refractivity contribution is -0.921. The zero-order valence-corrected chi connectivity index (χ0v) is 14.0. The number of benzene rings is 1. The van der Waals surface area contributed by atoms with Crippen LogP contribution < -0.4 is 10.6 Å². The van der Waals surface area contributed by atoms with Crippen LogP contribution in [0.25, 0.3) is 0 Å². The minimum atomic E-state index is 0.802. The average Bonchev–Trinajstić information content (AvgIpc) is 2.36. The van der Waals surface area contributed by atoms with Crippen LogP contribution in [0.1, 0.15) is 37.7 Å². The van der Waals surface area contributed by atoms with Gasteiger partial charge in [-0.05, 0) is 53.7 Å². The fraction of sp³-hybridized carbons (Fsp3) is 0.571. The number of nitrogens with two attached hydrogens (primary N) is 1. The number of quaternary nitrogens is 1. The summed E-state index contributed by atoms with van der Waals surface area (Å²) in [4.78, 5) is 1.59. The van der Waals surface area contributed by atoms with E-state index >= 15 is 0 Å². The first kappa shape index (κ1) is 14.4. The van der Waals surface area contributed by atoms with Gasteiger partial charge in [-0.3, -0.25) is 0 Å². The fourth-order valence-electron chi connectivity index (χ4n) is 2.82. The Morgan fingerprint density at radius 2 is 1.89 bits per heavy atom. The van der Waals surface area contributed by atoms with Crippen LogP contribution in [0.4, 0.5) is 5.69 Å². The van der Waals surface area contributed by atoms with E-state index < -0.39 is 0 Å². The van der Waals surface area contributed by atoms with E-state index in [2.05, 4.69) is 45.0 Å². The SMILES string of the molecule is C[NH+](Cc1cc(Br)cc(Br)c1N)C1CCCCC1. The van der Waals surface area contributed by atoms with Crippen LogP contribution in [0.15, 0.2) is 21.1 Å². The molecule has 1 aliphatic carbocycles. The first-order valence-corrected chi connectivity index (χ1v) is 8.22. The summed E-state index contributed by atoms with van der Waals surface area (Å²) in [5.74, 6) is 0. The Hall–Kier alpha value is -0.0600. The average molecular weight is 377 g/mol. The fourth-order valence-corrected chi connectivity index (χ4v) is 4.14. The summed E-state index contributed by atoms with van der Waals surface area (Å²) in [5, 5.41) is 0. The summed E-state index contributed by atoms with van der Waals surface area (Å²) in [6.07, 6.45) is 6.91. The third-order valence-corrected chi connectivity index (χ3v) is 5.07. The highest BCUT2D eigenvalue weighted by molar-refractivity contribution is 9.11. The molecule has 3 N–H and O–H groups in total. The second-order valence-electron chi connectivity index (χ2n) is 5.32. The van der Waals surface area contributed by atoms with Crippen molar-refractivity contribution in [1.82, 2.24) is 0 Å². The second-order valence-corrected chi connectivity index (χ2v) is 7.09. The molecule has 0 spiro atoms. The molecule has 18 heavy (non-hydrogen) atoms. The number of hydrogen-bond acceptors (Lipinski definition) is 1. The molecule has 0 saturated heterocycles. The topological polar surface area (TPSA) is 30.5 Å². The zero-order valence-electron chi connectivity index (χ0n) is 10.8. The molecule has 0 heterocycles. The maximum absolute atomic E-state index is 6.15. The molecule has 0 radical (unpaired) electrons. The van der Waals surface area contributed by atoms with Crippen molar-refractivity contribution < 1.29 is 4.90 Å². The molecule has 100 valence electrons. The Morgan fingerprint density at radius 1 is 1.22 bits per heavy atom. The number of rotatable bonds is 3. The molecular formula is C14H21Br2N2+. The van der Waals surface area contributed by atoms with E-state index in [1.165, 1.54) is 37.7 Å². The lowest BCUT2D eigenvalue weighted by Crippen LogP contribution is -3.11. The van der Waals surface area contributed by atoms with Gasteiger partial charge in [-0.2, -0.15) is 0 Å². The molecular weight excluding hydrogens is 356 g/mol. The molecule has 1 unspecified atom stereocenters. The molecule has 2 rings (SSSR count). The molecule has 0 aliphatic heterocycles.